The molecule has 0 heterocycles. The summed E-state index contributed by atoms with van der Waals surface area (Å²) in [6.45, 7) is 4.60. The van der Waals surface area contributed by atoms with Gasteiger partial charge < -0.3 is 9.80 Å². The third kappa shape index (κ3) is 5.48. The van der Waals surface area contributed by atoms with Crippen molar-refractivity contribution in [3.8, 4) is 44.5 Å². The summed E-state index contributed by atoms with van der Waals surface area (Å²) in [6.07, 6.45) is 0. The first-order chi connectivity index (χ1) is 34.6. The molecule has 3 aliphatic carbocycles. The lowest BCUT2D eigenvalue weighted by atomic mass is 9.70. The maximum Gasteiger partial charge on any atom is 0.0727 e. The molecule has 2 nitrogen and oxygen atoms in total. The summed E-state index contributed by atoms with van der Waals surface area (Å²) in [5.74, 6) is 0. The molecule has 3 aliphatic rings. The van der Waals surface area contributed by atoms with Crippen molar-refractivity contribution in [2.24, 2.45) is 0 Å². The van der Waals surface area contributed by atoms with Gasteiger partial charge >= 0.3 is 0 Å². The van der Waals surface area contributed by atoms with Crippen molar-refractivity contribution in [3.63, 3.8) is 0 Å². The summed E-state index contributed by atoms with van der Waals surface area (Å²) < 4.78 is 43.6. The molecule has 10 aromatic carbocycles. The molecule has 0 amide bonds. The van der Waals surface area contributed by atoms with Gasteiger partial charge in [0.2, 0.25) is 0 Å². The van der Waals surface area contributed by atoms with Crippen molar-refractivity contribution < 1.29 is 6.85 Å². The summed E-state index contributed by atoms with van der Waals surface area (Å²) in [4.78, 5) is 4.67. The van der Waals surface area contributed by atoms with Crippen molar-refractivity contribution in [1.82, 2.24) is 0 Å². The van der Waals surface area contributed by atoms with E-state index in [9.17, 15) is 0 Å². The smallest absolute Gasteiger partial charge is 0.0727 e. The highest BCUT2D eigenvalue weighted by atomic mass is 15.2. The van der Waals surface area contributed by atoms with E-state index in [2.05, 4.69) is 218 Å². The predicted molar refractivity (Wildman–Crippen MR) is 275 cm³/mol. The zero-order chi connectivity index (χ0) is 48.3. The SMILES string of the molecule is [2H]c1c([2H])c([2H])c(-c2cccc(N(c3ccc4c(c3)C3(c5ccccc5-c5ccc(N(c6ccccc6)c6ccccc6)cc53)c3ccccc3-4)c3cccc4c3C(C)(C)c3ccccc3-4)c2)c([2H])c1[2H]. The van der Waals surface area contributed by atoms with E-state index in [1.807, 2.05) is 18.2 Å². The van der Waals surface area contributed by atoms with Gasteiger partial charge in [-0.15, -0.1) is 0 Å². The molecule has 2 heteroatoms. The summed E-state index contributed by atoms with van der Waals surface area (Å²) in [5, 5.41) is 0. The standard InChI is InChI=1S/C64H46N2/c1-63(2)56-32-15-12-30-52(56)55-31-19-35-61(62(55)63)66(47-27-18-22-44(40-47)43-20-6-3-7-21-43)49-37-39-54-51-29-14-17-34-58(51)64(60(54)42-49)57-33-16-13-28-50(57)53-38-36-48(41-59(53)64)65(45-23-8-4-9-24-45)46-25-10-5-11-26-46/h3-42H,1-2H3/i3D,6D,7D,20D,21D. The lowest BCUT2D eigenvalue weighted by Crippen LogP contribution is -2.27. The number of rotatable bonds is 7. The number of para-hydroxylation sites is 2. The normalized spacial score (nSPS) is 16.4. The molecule has 0 saturated heterocycles. The summed E-state index contributed by atoms with van der Waals surface area (Å²) in [6, 6.07) is 74.3. The van der Waals surface area contributed by atoms with Crippen LogP contribution in [0.1, 0.15) is 54.1 Å². The topological polar surface area (TPSA) is 6.48 Å². The average Bonchev–Trinajstić information content (AvgIpc) is 3.97. The van der Waals surface area contributed by atoms with Crippen LogP contribution in [0, 0.1) is 0 Å². The van der Waals surface area contributed by atoms with Gasteiger partial charge in [0.15, 0.2) is 0 Å². The van der Waals surface area contributed by atoms with Crippen LogP contribution in [0.2, 0.25) is 0 Å². The number of benzene rings is 10. The minimum Gasteiger partial charge on any atom is -0.310 e. The van der Waals surface area contributed by atoms with E-state index in [1.54, 1.807) is 0 Å². The van der Waals surface area contributed by atoms with Gasteiger partial charge in [0.05, 0.1) is 18.0 Å². The van der Waals surface area contributed by atoms with Crippen LogP contribution in [0.3, 0.4) is 0 Å². The van der Waals surface area contributed by atoms with Gasteiger partial charge in [0.1, 0.15) is 0 Å². The molecule has 1 spiro atoms. The first-order valence-electron chi connectivity index (χ1n) is 25.2. The second-order valence-electron chi connectivity index (χ2n) is 18.1. The molecule has 66 heavy (non-hydrogen) atoms. The number of nitrogens with zero attached hydrogens (tertiary/aromatic N) is 2. The average molecular weight is 848 g/mol. The number of hydrogen-bond donors (Lipinski definition) is 0. The van der Waals surface area contributed by atoms with Gasteiger partial charge in [-0.25, -0.2) is 0 Å². The monoisotopic (exact) mass is 847 g/mol. The molecule has 0 aromatic heterocycles. The summed E-state index contributed by atoms with van der Waals surface area (Å²) >= 11 is 0. The molecule has 1 unspecified atom stereocenters. The van der Waals surface area contributed by atoms with Gasteiger partial charge in [-0.3, -0.25) is 0 Å². The Labute approximate surface area is 394 Å². The Hall–Kier alpha value is -8.20. The molecule has 0 fully saturated rings. The first-order valence-corrected chi connectivity index (χ1v) is 22.7. The molecular formula is C64H46N2. The maximum absolute atomic E-state index is 9.01. The molecular weight excluding hydrogens is 797 g/mol. The fourth-order valence-electron chi connectivity index (χ4n) is 11.6. The van der Waals surface area contributed by atoms with E-state index in [1.165, 1.54) is 66.8 Å². The lowest BCUT2D eigenvalue weighted by Gasteiger charge is -2.35. The largest absolute Gasteiger partial charge is 0.310 e. The van der Waals surface area contributed by atoms with Crippen molar-refractivity contribution >= 4 is 34.1 Å². The fourth-order valence-corrected chi connectivity index (χ4v) is 11.6. The van der Waals surface area contributed by atoms with E-state index in [0.717, 1.165) is 34.1 Å². The minimum absolute atomic E-state index is 0.169. The highest BCUT2D eigenvalue weighted by Gasteiger charge is 2.52. The molecule has 10 aromatic rings. The van der Waals surface area contributed by atoms with E-state index in [0.29, 0.717) is 5.56 Å². The predicted octanol–water partition coefficient (Wildman–Crippen LogP) is 16.9. The third-order valence-corrected chi connectivity index (χ3v) is 14.3. The molecule has 1 atom stereocenters. The number of anilines is 6. The Morgan fingerprint density at radius 1 is 0.333 bits per heavy atom. The van der Waals surface area contributed by atoms with E-state index < -0.39 is 11.5 Å². The van der Waals surface area contributed by atoms with E-state index in [4.69, 9.17) is 6.85 Å². The van der Waals surface area contributed by atoms with Gasteiger partial charge in [-0.1, -0.05) is 190 Å². The Bertz CT molecular complexity index is 3750. The first kappa shape index (κ1) is 33.3. The van der Waals surface area contributed by atoms with Crippen molar-refractivity contribution in [2.45, 2.75) is 24.7 Å². The Kier molecular flexibility index (Phi) is 7.41. The molecule has 13 rings (SSSR count). The Morgan fingerprint density at radius 2 is 0.788 bits per heavy atom. The molecule has 0 saturated carbocycles. The highest BCUT2D eigenvalue weighted by Crippen LogP contribution is 2.64. The van der Waals surface area contributed by atoms with Crippen LogP contribution >= 0.6 is 0 Å². The zero-order valence-corrected chi connectivity index (χ0v) is 36.6. The fraction of sp³-hybridized carbons (Fsp3) is 0.0625. The molecule has 0 radical (unpaired) electrons. The summed E-state index contributed by atoms with van der Waals surface area (Å²) in [7, 11) is 0. The van der Waals surface area contributed by atoms with Crippen LogP contribution in [0.5, 0.6) is 0 Å². The van der Waals surface area contributed by atoms with Crippen molar-refractivity contribution in [3.05, 3.63) is 276 Å². The summed E-state index contributed by atoms with van der Waals surface area (Å²) in [5.41, 5.74) is 20.0. The minimum atomic E-state index is -0.697. The van der Waals surface area contributed by atoms with Gasteiger partial charge in [0.25, 0.3) is 0 Å². The van der Waals surface area contributed by atoms with Gasteiger partial charge in [-0.05, 0) is 145 Å². The number of hydrogen-bond acceptors (Lipinski definition) is 2. The van der Waals surface area contributed by atoms with E-state index >= 15 is 0 Å². The van der Waals surface area contributed by atoms with Crippen LogP contribution in [0.4, 0.5) is 34.1 Å². The van der Waals surface area contributed by atoms with Crippen LogP contribution in [-0.2, 0) is 10.8 Å². The molecule has 0 aliphatic heterocycles. The van der Waals surface area contributed by atoms with Crippen molar-refractivity contribution in [2.75, 3.05) is 9.80 Å². The Morgan fingerprint density at radius 3 is 1.39 bits per heavy atom. The molecule has 0 N–H and O–H groups in total. The number of fused-ring (bicyclic) bond motifs is 13. The quantitative estimate of drug-likeness (QED) is 0.158. The second kappa shape index (κ2) is 14.7. The van der Waals surface area contributed by atoms with Crippen LogP contribution < -0.4 is 9.80 Å². The molecule has 312 valence electrons. The third-order valence-electron chi connectivity index (χ3n) is 14.3. The van der Waals surface area contributed by atoms with Gasteiger partial charge in [-0.2, -0.15) is 0 Å². The van der Waals surface area contributed by atoms with Gasteiger partial charge in [0, 0.05) is 33.9 Å². The highest BCUT2D eigenvalue weighted by molar-refractivity contribution is 5.98. The van der Waals surface area contributed by atoms with Crippen LogP contribution in [0.15, 0.2) is 243 Å². The van der Waals surface area contributed by atoms with Crippen LogP contribution in [0.25, 0.3) is 44.5 Å². The zero-order valence-electron chi connectivity index (χ0n) is 41.6. The maximum atomic E-state index is 9.01. The van der Waals surface area contributed by atoms with Crippen LogP contribution in [-0.4, -0.2) is 0 Å². The Balaban J connectivity index is 1.09. The molecule has 0 bridgehead atoms. The van der Waals surface area contributed by atoms with Crippen molar-refractivity contribution in [1.29, 1.82) is 0 Å². The lowest BCUT2D eigenvalue weighted by molar-refractivity contribution is 0.661. The van der Waals surface area contributed by atoms with E-state index in [-0.39, 0.29) is 35.1 Å². The second-order valence-corrected chi connectivity index (χ2v) is 18.1.